The molecular formula is C22H19F6NO3S. The summed E-state index contributed by atoms with van der Waals surface area (Å²) in [5, 5.41) is -0.125. The molecule has 0 aromatic heterocycles. The van der Waals surface area contributed by atoms with Crippen molar-refractivity contribution >= 4 is 16.9 Å². The van der Waals surface area contributed by atoms with Crippen molar-refractivity contribution in [1.29, 1.82) is 0 Å². The number of hydrogen-bond donors (Lipinski definition) is 0. The van der Waals surface area contributed by atoms with Gasteiger partial charge in [0, 0.05) is 12.7 Å². The van der Waals surface area contributed by atoms with Crippen molar-refractivity contribution < 1.29 is 40.6 Å². The van der Waals surface area contributed by atoms with Gasteiger partial charge in [-0.1, -0.05) is 36.0 Å². The molecule has 4 nitrogen and oxygen atoms in total. The highest BCUT2D eigenvalue weighted by Crippen LogP contribution is 2.50. The van der Waals surface area contributed by atoms with Crippen LogP contribution in [0.2, 0.25) is 0 Å². The summed E-state index contributed by atoms with van der Waals surface area (Å²) in [6.45, 7) is 1.71. The molecule has 4 rings (SSSR count). The van der Waals surface area contributed by atoms with Crippen LogP contribution in [0.15, 0.2) is 48.5 Å². The third-order valence-electron chi connectivity index (χ3n) is 5.66. The van der Waals surface area contributed by atoms with Crippen molar-refractivity contribution in [2.45, 2.75) is 37.3 Å². The Kier molecular flexibility index (Phi) is 6.27. The number of carbonyl (C=O) groups excluding carboxylic acids is 1. The Labute approximate surface area is 189 Å². The normalized spacial score (nSPS) is 25.9. The molecule has 0 amide bonds. The Hall–Kier alpha value is -2.08. The second kappa shape index (κ2) is 8.61. The monoisotopic (exact) mass is 491 g/mol. The number of alkyl halides is 6. The SMILES string of the molecule is CC(=O)SCC12CO[C@H](c3ccc(C(F)(F)F)cc3)N1[C@H](c1ccc(C(F)(F)F)cc1)OC2. The van der Waals surface area contributed by atoms with Crippen LogP contribution in [0, 0.1) is 0 Å². The number of carbonyl (C=O) groups is 1. The maximum atomic E-state index is 13.0. The van der Waals surface area contributed by atoms with E-state index in [9.17, 15) is 31.1 Å². The summed E-state index contributed by atoms with van der Waals surface area (Å²) in [5.74, 6) is 0.302. The molecule has 2 aliphatic rings. The minimum Gasteiger partial charge on any atom is -0.357 e. The van der Waals surface area contributed by atoms with Crippen molar-refractivity contribution in [2.24, 2.45) is 0 Å². The van der Waals surface area contributed by atoms with Gasteiger partial charge in [0.25, 0.3) is 0 Å². The maximum Gasteiger partial charge on any atom is 0.416 e. The number of thioether (sulfide) groups is 1. The molecule has 0 bridgehead atoms. The molecule has 2 saturated heterocycles. The number of fused-ring (bicyclic) bond motifs is 1. The molecule has 0 saturated carbocycles. The van der Waals surface area contributed by atoms with Gasteiger partial charge in [-0.25, -0.2) is 4.90 Å². The zero-order chi connectivity index (χ0) is 24.0. The van der Waals surface area contributed by atoms with Gasteiger partial charge >= 0.3 is 12.4 Å². The molecule has 11 heteroatoms. The number of benzene rings is 2. The van der Waals surface area contributed by atoms with E-state index in [2.05, 4.69) is 0 Å². The summed E-state index contributed by atoms with van der Waals surface area (Å²) in [6.07, 6.45) is -10.6. The number of nitrogens with zero attached hydrogens (tertiary/aromatic N) is 1. The van der Waals surface area contributed by atoms with Crippen molar-refractivity contribution in [2.75, 3.05) is 19.0 Å². The fourth-order valence-corrected chi connectivity index (χ4v) is 4.81. The largest absolute Gasteiger partial charge is 0.416 e. The van der Waals surface area contributed by atoms with Gasteiger partial charge in [0.05, 0.1) is 29.9 Å². The number of hydrogen-bond acceptors (Lipinski definition) is 5. The van der Waals surface area contributed by atoms with Crippen molar-refractivity contribution in [3.63, 3.8) is 0 Å². The first-order chi connectivity index (χ1) is 15.4. The van der Waals surface area contributed by atoms with E-state index in [1.54, 1.807) is 4.90 Å². The van der Waals surface area contributed by atoms with Gasteiger partial charge in [-0.05, 0) is 35.4 Å². The van der Waals surface area contributed by atoms with Gasteiger partial charge in [0.2, 0.25) is 0 Å². The molecule has 1 unspecified atom stereocenters. The summed E-state index contributed by atoms with van der Waals surface area (Å²) in [7, 11) is 0. The zero-order valence-electron chi connectivity index (χ0n) is 17.2. The highest BCUT2D eigenvalue weighted by molar-refractivity contribution is 8.13. The molecule has 2 aromatic rings. The molecule has 0 spiro atoms. The highest BCUT2D eigenvalue weighted by Gasteiger charge is 2.56. The Bertz CT molecular complexity index is 937. The molecular weight excluding hydrogens is 472 g/mol. The minimum absolute atomic E-state index is 0.125. The number of rotatable bonds is 4. The van der Waals surface area contributed by atoms with E-state index < -0.39 is 41.5 Å². The van der Waals surface area contributed by atoms with Crippen LogP contribution in [0.3, 0.4) is 0 Å². The van der Waals surface area contributed by atoms with E-state index in [4.69, 9.17) is 9.47 Å². The van der Waals surface area contributed by atoms with Crippen LogP contribution in [0.25, 0.3) is 0 Å². The van der Waals surface area contributed by atoms with Crippen LogP contribution in [-0.4, -0.2) is 34.5 Å². The Balaban J connectivity index is 1.68. The summed E-state index contributed by atoms with van der Waals surface area (Å²) in [6, 6.07) is 9.04. The first kappa shape index (κ1) is 24.1. The molecule has 2 aliphatic heterocycles. The van der Waals surface area contributed by atoms with E-state index in [0.717, 1.165) is 36.0 Å². The first-order valence-corrected chi connectivity index (χ1v) is 10.9. The van der Waals surface area contributed by atoms with Gasteiger partial charge in [-0.15, -0.1) is 0 Å². The van der Waals surface area contributed by atoms with Crippen molar-refractivity contribution in [3.05, 3.63) is 70.8 Å². The van der Waals surface area contributed by atoms with E-state index in [1.165, 1.54) is 31.2 Å². The predicted octanol–water partition coefficient (Wildman–Crippen LogP) is 5.80. The molecule has 2 fully saturated rings. The van der Waals surface area contributed by atoms with Crippen LogP contribution in [0.1, 0.15) is 41.6 Å². The lowest BCUT2D eigenvalue weighted by Crippen LogP contribution is -2.47. The van der Waals surface area contributed by atoms with Gasteiger partial charge in [0.15, 0.2) is 5.12 Å². The highest BCUT2D eigenvalue weighted by atomic mass is 32.2. The van der Waals surface area contributed by atoms with Crippen LogP contribution in [-0.2, 0) is 26.6 Å². The van der Waals surface area contributed by atoms with Crippen LogP contribution < -0.4 is 0 Å². The zero-order valence-corrected chi connectivity index (χ0v) is 18.1. The quantitative estimate of drug-likeness (QED) is 0.506. The minimum atomic E-state index is -4.49. The topological polar surface area (TPSA) is 38.8 Å². The Morgan fingerprint density at radius 3 is 1.61 bits per heavy atom. The Morgan fingerprint density at radius 1 is 0.879 bits per heavy atom. The van der Waals surface area contributed by atoms with Crippen molar-refractivity contribution in [3.8, 4) is 0 Å². The lowest BCUT2D eigenvalue weighted by atomic mass is 10.0. The predicted molar refractivity (Wildman–Crippen MR) is 108 cm³/mol. The average Bonchev–Trinajstić information content (AvgIpc) is 3.29. The summed E-state index contributed by atoms with van der Waals surface area (Å²) in [5.41, 5.74) is -1.49. The Morgan fingerprint density at radius 2 is 1.27 bits per heavy atom. The van der Waals surface area contributed by atoms with Crippen LogP contribution in [0.5, 0.6) is 0 Å². The van der Waals surface area contributed by atoms with Crippen LogP contribution >= 0.6 is 11.8 Å². The third-order valence-corrected chi connectivity index (χ3v) is 6.75. The molecule has 2 heterocycles. The van der Waals surface area contributed by atoms with Gasteiger partial charge < -0.3 is 9.47 Å². The average molecular weight is 491 g/mol. The number of halogens is 6. The molecule has 178 valence electrons. The standard InChI is InChI=1S/C22H19F6NO3S/c1-13(30)33-12-20-10-31-18(14-2-6-16(7-3-14)21(23,24)25)29(20)19(32-11-20)15-4-8-17(9-5-15)22(26,27)28/h2-9,18-19H,10-12H2,1H3/t18-,19+,20?. The molecule has 33 heavy (non-hydrogen) atoms. The smallest absolute Gasteiger partial charge is 0.357 e. The van der Waals surface area contributed by atoms with Gasteiger partial charge in [-0.3, -0.25) is 4.79 Å². The molecule has 0 N–H and O–H groups in total. The van der Waals surface area contributed by atoms with E-state index in [-0.39, 0.29) is 18.3 Å². The molecule has 2 aromatic carbocycles. The molecule has 0 aliphatic carbocycles. The molecule has 0 radical (unpaired) electrons. The maximum absolute atomic E-state index is 13.0. The van der Waals surface area contributed by atoms with Gasteiger partial charge in [0.1, 0.15) is 12.5 Å². The first-order valence-electron chi connectivity index (χ1n) is 9.90. The number of ether oxygens (including phenoxy) is 2. The second-order valence-electron chi connectivity index (χ2n) is 7.98. The summed E-state index contributed by atoms with van der Waals surface area (Å²) in [4.78, 5) is 13.4. The summed E-state index contributed by atoms with van der Waals surface area (Å²) >= 11 is 1.06. The van der Waals surface area contributed by atoms with Gasteiger partial charge in [-0.2, -0.15) is 26.3 Å². The summed E-state index contributed by atoms with van der Waals surface area (Å²) < 4.78 is 89.7. The lowest BCUT2D eigenvalue weighted by Gasteiger charge is -2.34. The van der Waals surface area contributed by atoms with E-state index in [1.807, 2.05) is 0 Å². The lowest BCUT2D eigenvalue weighted by molar-refractivity contribution is -0.138. The van der Waals surface area contributed by atoms with E-state index >= 15 is 0 Å². The third kappa shape index (κ3) is 4.77. The second-order valence-corrected chi connectivity index (χ2v) is 9.13. The van der Waals surface area contributed by atoms with Crippen molar-refractivity contribution in [1.82, 2.24) is 4.90 Å². The van der Waals surface area contributed by atoms with Crippen LogP contribution in [0.4, 0.5) is 26.3 Å². The fourth-order valence-electron chi connectivity index (χ4n) is 4.02. The van der Waals surface area contributed by atoms with E-state index in [0.29, 0.717) is 16.9 Å². The molecule has 3 atom stereocenters. The fraction of sp³-hybridized carbons (Fsp3) is 0.409.